The molecule has 6 heteroatoms. The summed E-state index contributed by atoms with van der Waals surface area (Å²) in [6.45, 7) is 3.94. The number of aryl methyl sites for hydroxylation is 1. The van der Waals surface area contributed by atoms with Gasteiger partial charge in [-0.3, -0.25) is 9.89 Å². The van der Waals surface area contributed by atoms with Crippen molar-refractivity contribution in [1.82, 2.24) is 15.2 Å². The van der Waals surface area contributed by atoms with Crippen LogP contribution >= 0.6 is 0 Å². The highest BCUT2D eigenvalue weighted by Crippen LogP contribution is 2.26. The Bertz CT molecular complexity index is 612. The molecule has 1 aromatic heterocycles. The quantitative estimate of drug-likeness (QED) is 0.831. The van der Waals surface area contributed by atoms with E-state index in [0.717, 1.165) is 12.8 Å². The lowest BCUT2D eigenvalue weighted by molar-refractivity contribution is -0.144. The zero-order valence-electron chi connectivity index (χ0n) is 12.1. The number of aromatic nitrogens is 3. The molecule has 112 valence electrons. The Morgan fingerprint density at radius 3 is 2.81 bits per heavy atom. The van der Waals surface area contributed by atoms with Crippen molar-refractivity contribution >= 4 is 5.97 Å². The maximum Gasteiger partial charge on any atom is 0.321 e. The number of carbonyl (C=O) groups is 1. The maximum absolute atomic E-state index is 14.0. The summed E-state index contributed by atoms with van der Waals surface area (Å²) in [6, 6.07) is 6.10. The molecule has 2 aromatic rings. The Morgan fingerprint density at radius 2 is 2.14 bits per heavy atom. The molecule has 1 heterocycles. The number of ether oxygens (including phenoxy) is 1. The Labute approximate surface area is 122 Å². The molecule has 2 rings (SSSR count). The maximum atomic E-state index is 14.0. The second kappa shape index (κ2) is 6.97. The molecule has 5 nitrogen and oxygen atoms in total. The van der Waals surface area contributed by atoms with Gasteiger partial charge < -0.3 is 4.74 Å². The molecule has 21 heavy (non-hydrogen) atoms. The van der Waals surface area contributed by atoms with Gasteiger partial charge in [0.05, 0.1) is 6.61 Å². The van der Waals surface area contributed by atoms with Gasteiger partial charge in [-0.1, -0.05) is 25.1 Å². The number of aromatic amines is 1. The molecule has 0 saturated heterocycles. The average molecular weight is 291 g/mol. The number of nitrogens with one attached hydrogen (secondary N) is 1. The predicted octanol–water partition coefficient (Wildman–Crippen LogP) is 2.59. The lowest BCUT2D eigenvalue weighted by Crippen LogP contribution is -2.19. The van der Waals surface area contributed by atoms with E-state index >= 15 is 0 Å². The van der Waals surface area contributed by atoms with Crippen LogP contribution in [-0.4, -0.2) is 27.8 Å². The Kier molecular flexibility index (Phi) is 5.03. The smallest absolute Gasteiger partial charge is 0.321 e. The lowest BCUT2D eigenvalue weighted by atomic mass is 9.98. The predicted molar refractivity (Wildman–Crippen MR) is 75.3 cm³/mol. The van der Waals surface area contributed by atoms with Crippen LogP contribution in [0.25, 0.3) is 0 Å². The first-order valence-electron chi connectivity index (χ1n) is 6.99. The van der Waals surface area contributed by atoms with Gasteiger partial charge in [0, 0.05) is 12.0 Å². The van der Waals surface area contributed by atoms with Crippen LogP contribution in [0.1, 0.15) is 43.4 Å². The SMILES string of the molecule is CCCc1nc(C(C(=O)OCC)c2ccccc2F)n[nH]1. The van der Waals surface area contributed by atoms with Crippen LogP contribution in [-0.2, 0) is 16.0 Å². The van der Waals surface area contributed by atoms with Gasteiger partial charge in [-0.25, -0.2) is 9.37 Å². The van der Waals surface area contributed by atoms with E-state index in [9.17, 15) is 9.18 Å². The second-order valence-electron chi connectivity index (χ2n) is 4.60. The monoisotopic (exact) mass is 291 g/mol. The minimum atomic E-state index is -0.951. The van der Waals surface area contributed by atoms with E-state index in [4.69, 9.17) is 4.74 Å². The number of hydrogen-bond donors (Lipinski definition) is 1. The van der Waals surface area contributed by atoms with E-state index in [1.807, 2.05) is 6.92 Å². The first kappa shape index (κ1) is 15.2. The largest absolute Gasteiger partial charge is 0.465 e. The van der Waals surface area contributed by atoms with E-state index in [-0.39, 0.29) is 18.0 Å². The molecule has 0 fully saturated rings. The molecular weight excluding hydrogens is 273 g/mol. The van der Waals surface area contributed by atoms with Gasteiger partial charge in [-0.2, -0.15) is 5.10 Å². The molecule has 0 spiro atoms. The van der Waals surface area contributed by atoms with Crippen molar-refractivity contribution in [3.8, 4) is 0 Å². The summed E-state index contributed by atoms with van der Waals surface area (Å²) in [5.74, 6) is -1.06. The highest BCUT2D eigenvalue weighted by atomic mass is 19.1. The first-order chi connectivity index (χ1) is 10.2. The molecule has 0 aliphatic carbocycles. The van der Waals surface area contributed by atoms with Crippen LogP contribution in [0, 0.1) is 5.82 Å². The third-order valence-electron chi connectivity index (χ3n) is 3.03. The van der Waals surface area contributed by atoms with E-state index in [1.54, 1.807) is 25.1 Å². The van der Waals surface area contributed by atoms with E-state index in [0.29, 0.717) is 5.82 Å². The molecule has 1 atom stereocenters. The van der Waals surface area contributed by atoms with Crippen molar-refractivity contribution < 1.29 is 13.9 Å². The number of halogens is 1. The molecular formula is C15H18FN3O2. The van der Waals surface area contributed by atoms with Gasteiger partial charge in [0.15, 0.2) is 5.82 Å². The topological polar surface area (TPSA) is 67.9 Å². The van der Waals surface area contributed by atoms with Crippen LogP contribution in [0.5, 0.6) is 0 Å². The number of hydrogen-bond acceptors (Lipinski definition) is 4. The molecule has 1 aromatic carbocycles. The van der Waals surface area contributed by atoms with Crippen molar-refractivity contribution in [3.05, 3.63) is 47.3 Å². The molecule has 0 bridgehead atoms. The van der Waals surface area contributed by atoms with Gasteiger partial charge >= 0.3 is 5.97 Å². The molecule has 0 aliphatic rings. The summed E-state index contributed by atoms with van der Waals surface area (Å²) < 4.78 is 19.0. The van der Waals surface area contributed by atoms with E-state index in [1.165, 1.54) is 6.07 Å². The third-order valence-corrected chi connectivity index (χ3v) is 3.03. The Balaban J connectivity index is 2.40. The van der Waals surface area contributed by atoms with Gasteiger partial charge in [0.1, 0.15) is 17.6 Å². The van der Waals surface area contributed by atoms with Gasteiger partial charge in [0.25, 0.3) is 0 Å². The fourth-order valence-corrected chi connectivity index (χ4v) is 2.09. The molecule has 0 saturated carbocycles. The molecule has 0 amide bonds. The normalized spacial score (nSPS) is 12.1. The fraction of sp³-hybridized carbons (Fsp3) is 0.400. The summed E-state index contributed by atoms with van der Waals surface area (Å²) in [5.41, 5.74) is 0.220. The number of H-pyrrole nitrogens is 1. The number of carbonyl (C=O) groups excluding carboxylic acids is 1. The molecule has 0 radical (unpaired) electrons. The van der Waals surface area contributed by atoms with Crippen LogP contribution in [0.3, 0.4) is 0 Å². The summed E-state index contributed by atoms with van der Waals surface area (Å²) in [5, 5.41) is 6.83. The first-order valence-corrected chi connectivity index (χ1v) is 6.99. The van der Waals surface area contributed by atoms with Crippen LogP contribution < -0.4 is 0 Å². The highest BCUT2D eigenvalue weighted by molar-refractivity contribution is 5.81. The zero-order valence-corrected chi connectivity index (χ0v) is 12.1. The summed E-state index contributed by atoms with van der Waals surface area (Å²) in [7, 11) is 0. The van der Waals surface area contributed by atoms with Gasteiger partial charge in [-0.15, -0.1) is 0 Å². The lowest BCUT2D eigenvalue weighted by Gasteiger charge is -2.13. The van der Waals surface area contributed by atoms with Crippen molar-refractivity contribution in [3.63, 3.8) is 0 Å². The number of nitrogens with zero attached hydrogens (tertiary/aromatic N) is 2. The summed E-state index contributed by atoms with van der Waals surface area (Å²) in [4.78, 5) is 16.5. The van der Waals surface area contributed by atoms with Crippen LogP contribution in [0.4, 0.5) is 4.39 Å². The highest BCUT2D eigenvalue weighted by Gasteiger charge is 2.30. The third kappa shape index (κ3) is 3.45. The summed E-state index contributed by atoms with van der Waals surface area (Å²) in [6.07, 6.45) is 1.62. The molecule has 0 aliphatic heterocycles. The van der Waals surface area contributed by atoms with Crippen molar-refractivity contribution in [2.24, 2.45) is 0 Å². The minimum absolute atomic E-state index is 0.218. The second-order valence-corrected chi connectivity index (χ2v) is 4.60. The van der Waals surface area contributed by atoms with Crippen molar-refractivity contribution in [1.29, 1.82) is 0 Å². The number of rotatable bonds is 6. The minimum Gasteiger partial charge on any atom is -0.465 e. The van der Waals surface area contributed by atoms with Gasteiger partial charge in [-0.05, 0) is 19.4 Å². The number of esters is 1. The van der Waals surface area contributed by atoms with Crippen LogP contribution in [0.15, 0.2) is 24.3 Å². The van der Waals surface area contributed by atoms with E-state index < -0.39 is 17.7 Å². The Hall–Kier alpha value is -2.24. The zero-order chi connectivity index (χ0) is 15.2. The van der Waals surface area contributed by atoms with Gasteiger partial charge in [0.2, 0.25) is 0 Å². The van der Waals surface area contributed by atoms with E-state index in [2.05, 4.69) is 15.2 Å². The average Bonchev–Trinajstić information content (AvgIpc) is 2.90. The van der Waals surface area contributed by atoms with Crippen molar-refractivity contribution in [2.75, 3.05) is 6.61 Å². The summed E-state index contributed by atoms with van der Waals surface area (Å²) >= 11 is 0. The standard InChI is InChI=1S/C15H18FN3O2/c1-3-7-12-17-14(19-18-12)13(15(20)21-4-2)10-8-5-6-9-11(10)16/h5-6,8-9,13H,3-4,7H2,1-2H3,(H,17,18,19). The number of benzene rings is 1. The molecule has 1 unspecified atom stereocenters. The molecule has 1 N–H and O–H groups in total. The fourth-order valence-electron chi connectivity index (χ4n) is 2.09. The Morgan fingerprint density at radius 1 is 1.38 bits per heavy atom. The van der Waals surface area contributed by atoms with Crippen molar-refractivity contribution in [2.45, 2.75) is 32.6 Å². The van der Waals surface area contributed by atoms with Crippen LogP contribution in [0.2, 0.25) is 0 Å².